The summed E-state index contributed by atoms with van der Waals surface area (Å²) in [5.41, 5.74) is 4.87. The molecule has 1 N–H and O–H groups in total. The molecule has 0 spiro atoms. The first-order chi connectivity index (χ1) is 29.5. The molecule has 6 nitrogen and oxygen atoms in total. The minimum absolute atomic E-state index is 0.0785. The van der Waals surface area contributed by atoms with Gasteiger partial charge in [0.15, 0.2) is 0 Å². The molecule has 0 fully saturated rings. The van der Waals surface area contributed by atoms with E-state index in [0.717, 1.165) is 71.5 Å². The van der Waals surface area contributed by atoms with Crippen molar-refractivity contribution in [1.29, 1.82) is 0 Å². The molecule has 2 rings (SSSR count). The summed E-state index contributed by atoms with van der Waals surface area (Å²) in [7, 11) is -5.42. The van der Waals surface area contributed by atoms with E-state index in [9.17, 15) is 30.3 Å². The Labute approximate surface area is 372 Å². The normalized spacial score (nSPS) is 14.0. The number of anilines is 1. The van der Waals surface area contributed by atoms with Gasteiger partial charge in [-0.05, 0) is 43.4 Å². The predicted octanol–water partition coefficient (Wildman–Crippen LogP) is 16.7. The Morgan fingerprint density at radius 2 is 0.919 bits per heavy atom. The molecule has 0 amide bonds. The fraction of sp³-hybridized carbons (Fsp3) is 0.735. The molecule has 0 bridgehead atoms. The third kappa shape index (κ3) is 27.5. The van der Waals surface area contributed by atoms with Crippen molar-refractivity contribution in [2.75, 3.05) is 52.4 Å². The molecular weight excluding hydrogens is 826 g/mol. The van der Waals surface area contributed by atoms with Crippen LogP contribution in [-0.2, 0) is 16.1 Å². The van der Waals surface area contributed by atoms with Gasteiger partial charge < -0.3 is 24.2 Å². The number of hydrogen-bond acceptors (Lipinski definition) is 5. The van der Waals surface area contributed by atoms with Gasteiger partial charge in [0.1, 0.15) is 30.4 Å². The van der Waals surface area contributed by atoms with Crippen LogP contribution in [-0.4, -0.2) is 62.9 Å². The van der Waals surface area contributed by atoms with E-state index < -0.39 is 7.81 Å². The minimum atomic E-state index is -10.7. The number of rotatable bonds is 34. The van der Waals surface area contributed by atoms with Gasteiger partial charge in [-0.15, -0.1) is 0 Å². The molecule has 0 radical (unpaired) electrons. The molecule has 362 valence electrons. The molecule has 1 aliphatic rings. The Morgan fingerprint density at radius 1 is 0.548 bits per heavy atom. The Bertz CT molecular complexity index is 1420. The molecule has 13 heteroatoms. The zero-order valence-electron chi connectivity index (χ0n) is 39.7. The molecule has 0 atom stereocenters. The molecule has 0 saturated heterocycles. The average molecular weight is 911 g/mol. The molecule has 1 aromatic rings. The van der Waals surface area contributed by atoms with Crippen molar-refractivity contribution in [3.8, 4) is 5.75 Å². The zero-order chi connectivity index (χ0) is 46.3. The van der Waals surface area contributed by atoms with Crippen molar-refractivity contribution in [3.05, 3.63) is 52.5 Å². The second kappa shape index (κ2) is 30.4. The first kappa shape index (κ1) is 57.3. The quantitative estimate of drug-likeness (QED) is 0.0323. The third-order valence-corrected chi connectivity index (χ3v) is 11.3. The molecule has 0 heterocycles. The van der Waals surface area contributed by atoms with E-state index >= 15 is 0 Å². The standard InChI is InChI=1S/C49H85N2O4.F6P/c1-8-12-16-20-24-28-32-50(33-29-25-21-17-13-9-2)43-36-42(41-52)45(47(37-43)53-5)40-46-48(54-6)38-44(39-49(46)55-7)51(34-30-26-22-18-14-10-3)35-31-27-23-19-15-11-4;1-7(2,3,4,5)6/h36-40,52H,8-35,41H2,1-7H3;/q+1;-1. The van der Waals surface area contributed by atoms with E-state index in [4.69, 9.17) is 14.2 Å². The summed E-state index contributed by atoms with van der Waals surface area (Å²) < 4.78 is 80.1. The molecule has 0 unspecified atom stereocenters. The van der Waals surface area contributed by atoms with Crippen molar-refractivity contribution in [2.24, 2.45) is 0 Å². The van der Waals surface area contributed by atoms with Gasteiger partial charge in [-0.1, -0.05) is 143 Å². The van der Waals surface area contributed by atoms with Gasteiger partial charge in [0.2, 0.25) is 5.71 Å². The van der Waals surface area contributed by atoms with E-state index in [2.05, 4.69) is 67.5 Å². The Balaban J connectivity index is 0.00000251. The number of hydrogen-bond donors (Lipinski definition) is 1. The first-order valence-electron chi connectivity index (χ1n) is 23.9. The van der Waals surface area contributed by atoms with Gasteiger partial charge in [-0.3, -0.25) is 0 Å². The van der Waals surface area contributed by atoms with Gasteiger partial charge in [-0.2, -0.15) is 0 Å². The number of unbranched alkanes of at least 4 members (excludes halogenated alkanes) is 20. The number of aliphatic hydroxyl groups excluding tert-OH is 1. The van der Waals surface area contributed by atoms with Crippen LogP contribution < -0.4 is 9.64 Å². The Morgan fingerprint density at radius 3 is 1.27 bits per heavy atom. The van der Waals surface area contributed by atoms with Crippen LogP contribution in [0.25, 0.3) is 6.08 Å². The summed E-state index contributed by atoms with van der Waals surface area (Å²) >= 11 is 0. The monoisotopic (exact) mass is 911 g/mol. The summed E-state index contributed by atoms with van der Waals surface area (Å²) in [6.45, 7) is 13.2. The van der Waals surface area contributed by atoms with Crippen molar-refractivity contribution < 1.29 is 49.1 Å². The third-order valence-electron chi connectivity index (χ3n) is 11.3. The van der Waals surface area contributed by atoms with E-state index in [1.807, 2.05) is 0 Å². The van der Waals surface area contributed by atoms with E-state index in [1.54, 1.807) is 21.3 Å². The van der Waals surface area contributed by atoms with Gasteiger partial charge >= 0.3 is 33.0 Å². The summed E-state index contributed by atoms with van der Waals surface area (Å²) in [6.07, 6.45) is 37.2. The van der Waals surface area contributed by atoms with Crippen molar-refractivity contribution in [2.45, 2.75) is 188 Å². The molecule has 0 aromatic heterocycles. The van der Waals surface area contributed by atoms with Crippen molar-refractivity contribution >= 4 is 25.3 Å². The molecule has 1 aromatic carbocycles. The number of allylic oxidation sites excluding steroid dienone is 2. The van der Waals surface area contributed by atoms with Crippen molar-refractivity contribution in [1.82, 2.24) is 0 Å². The number of aliphatic hydroxyl groups is 1. The molecule has 0 saturated carbocycles. The maximum absolute atomic E-state index is 10.8. The van der Waals surface area contributed by atoms with Crippen LogP contribution in [0.15, 0.2) is 41.4 Å². The van der Waals surface area contributed by atoms with Crippen LogP contribution in [0.3, 0.4) is 0 Å². The molecule has 0 aliphatic heterocycles. The van der Waals surface area contributed by atoms with Gasteiger partial charge in [-0.25, -0.2) is 4.58 Å². The average Bonchev–Trinajstić information content (AvgIpc) is 3.23. The number of methoxy groups -OCH3 is 3. The predicted molar refractivity (Wildman–Crippen MR) is 251 cm³/mol. The van der Waals surface area contributed by atoms with Gasteiger partial charge in [0.05, 0.1) is 45.7 Å². The second-order valence-electron chi connectivity index (χ2n) is 16.8. The summed E-state index contributed by atoms with van der Waals surface area (Å²) in [5, 5.41) is 10.8. The summed E-state index contributed by atoms with van der Waals surface area (Å²) in [5.74, 6) is 2.31. The zero-order valence-corrected chi connectivity index (χ0v) is 40.6. The van der Waals surface area contributed by atoms with E-state index in [1.165, 1.54) is 154 Å². The fourth-order valence-electron chi connectivity index (χ4n) is 7.78. The number of benzene rings is 1. The molecular formula is C49H85F6N2O4P. The SMILES string of the molecule is CCCCCCCCN(CCCCCCCC)c1cc(CO)c(C=C2C(OC)=CC(=[N+](CCCCCCCC)CCCCCCCC)C=C2OC)c(OC)c1.F[P-](F)(F)(F)(F)F. The van der Waals surface area contributed by atoms with Crippen LogP contribution in [0.1, 0.15) is 193 Å². The molecule has 62 heavy (non-hydrogen) atoms. The molecule has 1 aliphatic carbocycles. The number of ether oxygens (including phenoxy) is 3. The summed E-state index contributed by atoms with van der Waals surface area (Å²) in [4.78, 5) is 2.53. The van der Waals surface area contributed by atoms with Crippen molar-refractivity contribution in [3.63, 3.8) is 0 Å². The maximum atomic E-state index is 10.8. The fourth-order valence-corrected chi connectivity index (χ4v) is 7.78. The number of nitrogens with zero attached hydrogens (tertiary/aromatic N) is 2. The van der Waals surface area contributed by atoms with Crippen LogP contribution >= 0.6 is 7.81 Å². The van der Waals surface area contributed by atoms with E-state index in [0.29, 0.717) is 0 Å². The van der Waals surface area contributed by atoms with Crippen LogP contribution in [0.5, 0.6) is 5.75 Å². The first-order valence-corrected chi connectivity index (χ1v) is 26.0. The van der Waals surface area contributed by atoms with Gasteiger partial charge in [0.25, 0.3) is 0 Å². The Kier molecular flexibility index (Phi) is 28.1. The Hall–Kier alpha value is -2.72. The van der Waals surface area contributed by atoms with Crippen LogP contribution in [0.2, 0.25) is 0 Å². The van der Waals surface area contributed by atoms with Gasteiger partial charge in [0, 0.05) is 43.2 Å². The second-order valence-corrected chi connectivity index (χ2v) is 18.7. The number of halogens is 6. The summed E-state index contributed by atoms with van der Waals surface area (Å²) in [6, 6.07) is 4.35. The van der Waals surface area contributed by atoms with Crippen LogP contribution in [0.4, 0.5) is 30.9 Å². The topological polar surface area (TPSA) is 54.2 Å². The van der Waals surface area contributed by atoms with E-state index in [-0.39, 0.29) is 6.61 Å². The van der Waals surface area contributed by atoms with Crippen LogP contribution in [0, 0.1) is 0 Å².